The SMILES string of the molecule is O=C(O)c1nc2ccccc2c2ccccc12.[Ir]. The summed E-state index contributed by atoms with van der Waals surface area (Å²) >= 11 is 0. The number of nitrogens with zero attached hydrogens (tertiary/aromatic N) is 1. The molecule has 0 saturated heterocycles. The minimum absolute atomic E-state index is 0. The molecular weight excluding hydrogens is 406 g/mol. The van der Waals surface area contributed by atoms with Gasteiger partial charge in [-0.05, 0) is 11.5 Å². The number of hydrogen-bond acceptors (Lipinski definition) is 2. The van der Waals surface area contributed by atoms with E-state index in [1.54, 1.807) is 6.07 Å². The van der Waals surface area contributed by atoms with Crippen LogP contribution in [0.4, 0.5) is 0 Å². The molecule has 91 valence electrons. The van der Waals surface area contributed by atoms with Gasteiger partial charge in [0.25, 0.3) is 0 Å². The Morgan fingerprint density at radius 1 is 0.889 bits per heavy atom. The molecule has 1 aromatic heterocycles. The van der Waals surface area contributed by atoms with Gasteiger partial charge in [0, 0.05) is 30.9 Å². The predicted octanol–water partition coefficient (Wildman–Crippen LogP) is 3.08. The summed E-state index contributed by atoms with van der Waals surface area (Å²) in [6.45, 7) is 0. The van der Waals surface area contributed by atoms with E-state index >= 15 is 0 Å². The molecule has 3 rings (SSSR count). The Morgan fingerprint density at radius 2 is 1.44 bits per heavy atom. The van der Waals surface area contributed by atoms with E-state index in [-0.39, 0.29) is 25.8 Å². The first kappa shape index (κ1) is 12.7. The van der Waals surface area contributed by atoms with Crippen LogP contribution in [0.1, 0.15) is 10.5 Å². The molecule has 1 N–H and O–H groups in total. The molecule has 0 bridgehead atoms. The van der Waals surface area contributed by atoms with E-state index in [9.17, 15) is 9.90 Å². The maximum Gasteiger partial charge on any atom is 0.355 e. The second-order valence-corrected chi connectivity index (χ2v) is 3.83. The maximum absolute atomic E-state index is 11.2. The number of fused-ring (bicyclic) bond motifs is 3. The molecule has 0 unspecified atom stereocenters. The summed E-state index contributed by atoms with van der Waals surface area (Å²) < 4.78 is 0. The molecule has 1 radical (unpaired) electrons. The zero-order valence-electron chi connectivity index (χ0n) is 9.25. The van der Waals surface area contributed by atoms with Gasteiger partial charge >= 0.3 is 5.97 Å². The first-order valence-electron chi connectivity index (χ1n) is 5.28. The Bertz CT molecular complexity index is 740. The third-order valence-electron chi connectivity index (χ3n) is 2.81. The molecule has 18 heavy (non-hydrogen) atoms. The fourth-order valence-electron chi connectivity index (χ4n) is 2.07. The average molecular weight is 415 g/mol. The van der Waals surface area contributed by atoms with E-state index in [4.69, 9.17) is 0 Å². The van der Waals surface area contributed by atoms with Gasteiger partial charge in [0.15, 0.2) is 5.69 Å². The first-order valence-corrected chi connectivity index (χ1v) is 5.28. The van der Waals surface area contributed by atoms with Gasteiger partial charge in [-0.3, -0.25) is 0 Å². The van der Waals surface area contributed by atoms with E-state index in [2.05, 4.69) is 4.98 Å². The number of para-hydroxylation sites is 1. The summed E-state index contributed by atoms with van der Waals surface area (Å²) in [5.74, 6) is -0.994. The second kappa shape index (κ2) is 4.84. The number of carbonyl (C=O) groups is 1. The second-order valence-electron chi connectivity index (χ2n) is 3.83. The van der Waals surface area contributed by atoms with Gasteiger partial charge in [0.2, 0.25) is 0 Å². The van der Waals surface area contributed by atoms with E-state index < -0.39 is 5.97 Å². The van der Waals surface area contributed by atoms with Gasteiger partial charge in [-0.1, -0.05) is 42.5 Å². The van der Waals surface area contributed by atoms with Gasteiger partial charge in [0.05, 0.1) is 5.52 Å². The molecule has 0 aliphatic carbocycles. The van der Waals surface area contributed by atoms with Gasteiger partial charge in [0.1, 0.15) is 0 Å². The molecule has 0 amide bonds. The van der Waals surface area contributed by atoms with Crippen molar-refractivity contribution in [3.63, 3.8) is 0 Å². The molecule has 1 heterocycles. The van der Waals surface area contributed by atoms with Crippen molar-refractivity contribution in [3.8, 4) is 0 Å². The quantitative estimate of drug-likeness (QED) is 0.622. The number of rotatable bonds is 1. The van der Waals surface area contributed by atoms with Gasteiger partial charge in [-0.2, -0.15) is 0 Å². The molecule has 0 spiro atoms. The fraction of sp³-hybridized carbons (Fsp3) is 0. The Kier molecular flexibility index (Phi) is 3.41. The summed E-state index contributed by atoms with van der Waals surface area (Å²) in [6.07, 6.45) is 0. The van der Waals surface area contributed by atoms with E-state index in [1.807, 2.05) is 42.5 Å². The summed E-state index contributed by atoms with van der Waals surface area (Å²) in [4.78, 5) is 15.4. The number of carboxylic acid groups (broad SMARTS) is 1. The van der Waals surface area contributed by atoms with Crippen molar-refractivity contribution in [3.05, 3.63) is 54.2 Å². The van der Waals surface area contributed by atoms with Crippen molar-refractivity contribution in [1.29, 1.82) is 0 Å². The zero-order valence-corrected chi connectivity index (χ0v) is 11.6. The Labute approximate surface area is 117 Å². The number of pyridine rings is 1. The zero-order chi connectivity index (χ0) is 11.8. The number of carboxylic acids is 1. The molecule has 3 aromatic rings. The maximum atomic E-state index is 11.2. The topological polar surface area (TPSA) is 50.2 Å². The van der Waals surface area contributed by atoms with Crippen molar-refractivity contribution in [2.24, 2.45) is 0 Å². The predicted molar refractivity (Wildman–Crippen MR) is 66.2 cm³/mol. The molecule has 4 heteroatoms. The smallest absolute Gasteiger partial charge is 0.355 e. The van der Waals surface area contributed by atoms with Gasteiger partial charge in [-0.25, -0.2) is 9.78 Å². The van der Waals surface area contributed by atoms with Crippen molar-refractivity contribution in [1.82, 2.24) is 4.98 Å². The number of benzene rings is 2. The van der Waals surface area contributed by atoms with Crippen LogP contribution in [0.2, 0.25) is 0 Å². The van der Waals surface area contributed by atoms with Crippen molar-refractivity contribution in [2.75, 3.05) is 0 Å². The molecule has 0 atom stereocenters. The molecule has 0 aliphatic rings. The molecular formula is C14H9IrNO2. The van der Waals surface area contributed by atoms with E-state index in [0.717, 1.165) is 10.8 Å². The van der Waals surface area contributed by atoms with Crippen LogP contribution in [0.15, 0.2) is 48.5 Å². The summed E-state index contributed by atoms with van der Waals surface area (Å²) in [5.41, 5.74) is 0.822. The van der Waals surface area contributed by atoms with Gasteiger partial charge in [-0.15, -0.1) is 0 Å². The van der Waals surface area contributed by atoms with Crippen LogP contribution in [0, 0.1) is 0 Å². The number of hydrogen-bond donors (Lipinski definition) is 1. The van der Waals surface area contributed by atoms with Crippen LogP contribution in [0.25, 0.3) is 21.7 Å². The minimum atomic E-state index is -0.994. The van der Waals surface area contributed by atoms with Crippen LogP contribution in [-0.4, -0.2) is 16.1 Å². The molecule has 0 aliphatic heterocycles. The average Bonchev–Trinajstić information content (AvgIpc) is 2.37. The molecule has 0 fully saturated rings. The largest absolute Gasteiger partial charge is 0.476 e. The monoisotopic (exact) mass is 416 g/mol. The van der Waals surface area contributed by atoms with Crippen LogP contribution < -0.4 is 0 Å². The minimum Gasteiger partial charge on any atom is -0.476 e. The Hall–Kier alpha value is -1.77. The third kappa shape index (κ3) is 1.90. The molecule has 0 saturated carbocycles. The van der Waals surface area contributed by atoms with Crippen molar-refractivity contribution < 1.29 is 30.0 Å². The Balaban J connectivity index is 0.00000120. The third-order valence-corrected chi connectivity index (χ3v) is 2.81. The summed E-state index contributed by atoms with van der Waals surface area (Å²) in [7, 11) is 0. The Morgan fingerprint density at radius 3 is 2.11 bits per heavy atom. The van der Waals surface area contributed by atoms with Crippen molar-refractivity contribution in [2.45, 2.75) is 0 Å². The number of aromatic nitrogens is 1. The number of aromatic carboxylic acids is 1. The molecule has 3 nitrogen and oxygen atoms in total. The van der Waals surface area contributed by atoms with E-state index in [0.29, 0.717) is 10.9 Å². The molecule has 2 aromatic carbocycles. The summed E-state index contributed by atoms with van der Waals surface area (Å²) in [6, 6.07) is 15.0. The van der Waals surface area contributed by atoms with Gasteiger partial charge < -0.3 is 5.11 Å². The van der Waals surface area contributed by atoms with Crippen molar-refractivity contribution >= 4 is 27.6 Å². The van der Waals surface area contributed by atoms with E-state index in [1.165, 1.54) is 0 Å². The summed E-state index contributed by atoms with van der Waals surface area (Å²) in [5, 5.41) is 11.8. The first-order chi connectivity index (χ1) is 8.27. The van der Waals surface area contributed by atoms with Crippen LogP contribution >= 0.6 is 0 Å². The standard InChI is InChI=1S/C14H9NO2.Ir/c16-14(17)13-11-7-2-1-5-9(11)10-6-3-4-8-12(10)15-13;/h1-8H,(H,16,17);. The van der Waals surface area contributed by atoms with Crippen LogP contribution in [-0.2, 0) is 20.1 Å². The fourth-order valence-corrected chi connectivity index (χ4v) is 2.07. The van der Waals surface area contributed by atoms with Crippen LogP contribution in [0.3, 0.4) is 0 Å². The van der Waals surface area contributed by atoms with Crippen LogP contribution in [0.5, 0.6) is 0 Å². The normalized spacial score (nSPS) is 10.2.